The molecule has 6 nitrogen and oxygen atoms in total. The van der Waals surface area contributed by atoms with Crippen molar-refractivity contribution in [1.29, 1.82) is 0 Å². The Morgan fingerprint density at radius 2 is 1.70 bits per heavy atom. The standard InChI is InChI=1S/C26H27N3O3S/c30-26(25-20-7-2-3-9-22(20)27-23-10-6-8-21(23)25)29-16-13-18-17-19(11-12-24(18)29)33(31,32)28-14-4-1-5-15-28/h2-3,7,9,11-12,17H,1,4-6,8,10,13-16H2. The van der Waals surface area contributed by atoms with Gasteiger partial charge < -0.3 is 4.90 Å². The number of hydrogen-bond acceptors (Lipinski definition) is 4. The molecule has 2 aromatic carbocycles. The zero-order valence-corrected chi connectivity index (χ0v) is 19.4. The van der Waals surface area contributed by atoms with Gasteiger partial charge in [-0.1, -0.05) is 24.6 Å². The normalized spacial score (nSPS) is 18.5. The van der Waals surface area contributed by atoms with Crippen LogP contribution in [0.5, 0.6) is 0 Å². The molecule has 170 valence electrons. The first-order valence-electron chi connectivity index (χ1n) is 11.9. The molecule has 0 bridgehead atoms. The monoisotopic (exact) mass is 461 g/mol. The molecule has 7 heteroatoms. The average molecular weight is 462 g/mol. The lowest BCUT2D eigenvalue weighted by molar-refractivity contribution is 0.0990. The van der Waals surface area contributed by atoms with Gasteiger partial charge >= 0.3 is 0 Å². The van der Waals surface area contributed by atoms with E-state index in [0.717, 1.165) is 77.5 Å². The molecule has 1 amide bonds. The second-order valence-electron chi connectivity index (χ2n) is 9.24. The molecule has 1 saturated heterocycles. The zero-order valence-electron chi connectivity index (χ0n) is 18.6. The lowest BCUT2D eigenvalue weighted by atomic mass is 10.00. The number of benzene rings is 2. The van der Waals surface area contributed by atoms with Crippen LogP contribution in [0.1, 0.15) is 52.9 Å². The van der Waals surface area contributed by atoms with Gasteiger partial charge in [-0.25, -0.2) is 8.42 Å². The third-order valence-electron chi connectivity index (χ3n) is 7.28. The van der Waals surface area contributed by atoms with Gasteiger partial charge in [0, 0.05) is 36.4 Å². The molecule has 0 N–H and O–H groups in total. The Labute approximate surface area is 194 Å². The molecule has 0 radical (unpaired) electrons. The van der Waals surface area contributed by atoms with E-state index in [0.29, 0.717) is 31.0 Å². The SMILES string of the molecule is O=C(c1c2c(nc3ccccc13)CCC2)N1CCc2cc(S(=O)(=O)N3CCCCC3)ccc21. The van der Waals surface area contributed by atoms with Crippen molar-refractivity contribution in [2.45, 2.75) is 49.8 Å². The third-order valence-corrected chi connectivity index (χ3v) is 9.17. The number of amides is 1. The predicted octanol–water partition coefficient (Wildman–Crippen LogP) is 4.10. The van der Waals surface area contributed by atoms with E-state index in [9.17, 15) is 13.2 Å². The molecule has 6 rings (SSSR count). The molecule has 0 unspecified atom stereocenters. The van der Waals surface area contributed by atoms with E-state index in [2.05, 4.69) is 0 Å². The van der Waals surface area contributed by atoms with Gasteiger partial charge in [0.05, 0.1) is 16.0 Å². The predicted molar refractivity (Wildman–Crippen MR) is 128 cm³/mol. The van der Waals surface area contributed by atoms with Gasteiger partial charge in [-0.15, -0.1) is 0 Å². The molecule has 2 aliphatic heterocycles. The van der Waals surface area contributed by atoms with Gasteiger partial charge in [-0.3, -0.25) is 9.78 Å². The molecule has 33 heavy (non-hydrogen) atoms. The lowest BCUT2D eigenvalue weighted by Crippen LogP contribution is -2.35. The van der Waals surface area contributed by atoms with Crippen molar-refractivity contribution in [2.75, 3.05) is 24.5 Å². The number of hydrogen-bond donors (Lipinski definition) is 0. The van der Waals surface area contributed by atoms with Crippen molar-refractivity contribution in [3.8, 4) is 0 Å². The summed E-state index contributed by atoms with van der Waals surface area (Å²) in [6.45, 7) is 1.74. The lowest BCUT2D eigenvalue weighted by Gasteiger charge is -2.26. The van der Waals surface area contributed by atoms with E-state index in [1.54, 1.807) is 16.4 Å². The number of pyridine rings is 1. The van der Waals surface area contributed by atoms with Gasteiger partial charge in [0.1, 0.15) is 0 Å². The van der Waals surface area contributed by atoms with Gasteiger partial charge in [-0.2, -0.15) is 4.31 Å². The first kappa shape index (κ1) is 20.8. The van der Waals surface area contributed by atoms with E-state index in [4.69, 9.17) is 4.98 Å². The number of rotatable bonds is 3. The average Bonchev–Trinajstić information content (AvgIpc) is 3.49. The van der Waals surface area contributed by atoms with Gasteiger partial charge in [0.2, 0.25) is 10.0 Å². The summed E-state index contributed by atoms with van der Waals surface area (Å²) in [4.78, 5) is 20.9. The maximum atomic E-state index is 13.9. The topological polar surface area (TPSA) is 70.6 Å². The quantitative estimate of drug-likeness (QED) is 0.589. The zero-order chi connectivity index (χ0) is 22.6. The molecule has 3 aromatic rings. The Kier molecular flexibility index (Phi) is 4.99. The fourth-order valence-corrected chi connectivity index (χ4v) is 7.16. The number of aromatic nitrogens is 1. The summed E-state index contributed by atoms with van der Waals surface area (Å²) >= 11 is 0. The van der Waals surface area contributed by atoms with Gasteiger partial charge in [0.15, 0.2) is 0 Å². The van der Waals surface area contributed by atoms with Crippen molar-refractivity contribution >= 4 is 32.5 Å². The third kappa shape index (κ3) is 3.37. The Morgan fingerprint density at radius 1 is 0.879 bits per heavy atom. The van der Waals surface area contributed by atoms with E-state index in [-0.39, 0.29) is 5.91 Å². The summed E-state index contributed by atoms with van der Waals surface area (Å²) in [5.74, 6) is -0.00265. The number of sulfonamides is 1. The minimum absolute atomic E-state index is 0.00265. The molecule has 1 aliphatic carbocycles. The molecule has 0 saturated carbocycles. The number of anilines is 1. The Hall–Kier alpha value is -2.77. The van der Waals surface area contributed by atoms with Crippen LogP contribution in [0.3, 0.4) is 0 Å². The van der Waals surface area contributed by atoms with Crippen LogP contribution in [0.25, 0.3) is 10.9 Å². The summed E-state index contributed by atoms with van der Waals surface area (Å²) in [5, 5.41) is 0.904. The number of aryl methyl sites for hydroxylation is 1. The van der Waals surface area contributed by atoms with Crippen molar-refractivity contribution < 1.29 is 13.2 Å². The van der Waals surface area contributed by atoms with E-state index < -0.39 is 10.0 Å². The summed E-state index contributed by atoms with van der Waals surface area (Å²) < 4.78 is 27.9. The maximum absolute atomic E-state index is 13.9. The minimum atomic E-state index is -3.49. The molecular weight excluding hydrogens is 434 g/mol. The van der Waals surface area contributed by atoms with E-state index >= 15 is 0 Å². The Bertz CT molecular complexity index is 1380. The first-order chi connectivity index (χ1) is 16.0. The van der Waals surface area contributed by atoms with Crippen LogP contribution >= 0.6 is 0 Å². The summed E-state index contributed by atoms with van der Waals surface area (Å²) in [6.07, 6.45) is 6.38. The number of carbonyl (C=O) groups excluding carboxylic acids is 1. The van der Waals surface area contributed by atoms with Crippen LogP contribution in [0.4, 0.5) is 5.69 Å². The molecule has 3 heterocycles. The van der Waals surface area contributed by atoms with Crippen LogP contribution in [0, 0.1) is 0 Å². The van der Waals surface area contributed by atoms with Crippen LogP contribution in [-0.4, -0.2) is 43.2 Å². The molecular formula is C26H27N3O3S. The molecule has 0 spiro atoms. The molecule has 1 aromatic heterocycles. The molecule has 1 fully saturated rings. The van der Waals surface area contributed by atoms with Crippen molar-refractivity contribution in [3.63, 3.8) is 0 Å². The van der Waals surface area contributed by atoms with Gasteiger partial charge in [-0.05, 0) is 73.9 Å². The number of carbonyl (C=O) groups is 1. The van der Waals surface area contributed by atoms with Crippen LogP contribution in [-0.2, 0) is 29.3 Å². The fourth-order valence-electron chi connectivity index (χ4n) is 5.59. The number of nitrogens with zero attached hydrogens (tertiary/aromatic N) is 3. The van der Waals surface area contributed by atoms with Crippen molar-refractivity contribution in [3.05, 3.63) is 64.8 Å². The molecule has 0 atom stereocenters. The summed E-state index contributed by atoms with van der Waals surface area (Å²) in [6, 6.07) is 13.1. The highest BCUT2D eigenvalue weighted by Crippen LogP contribution is 2.36. The second-order valence-corrected chi connectivity index (χ2v) is 11.2. The van der Waals surface area contributed by atoms with Crippen LogP contribution in [0.2, 0.25) is 0 Å². The van der Waals surface area contributed by atoms with Crippen molar-refractivity contribution in [1.82, 2.24) is 9.29 Å². The molecule has 3 aliphatic rings. The highest BCUT2D eigenvalue weighted by molar-refractivity contribution is 7.89. The first-order valence-corrected chi connectivity index (χ1v) is 13.3. The Balaban J connectivity index is 1.38. The number of piperidine rings is 1. The van der Waals surface area contributed by atoms with Gasteiger partial charge in [0.25, 0.3) is 5.91 Å². The van der Waals surface area contributed by atoms with Crippen LogP contribution in [0.15, 0.2) is 47.4 Å². The van der Waals surface area contributed by atoms with E-state index in [1.807, 2.05) is 35.2 Å². The summed E-state index contributed by atoms with van der Waals surface area (Å²) in [5.41, 5.74) is 5.51. The smallest absolute Gasteiger partial charge is 0.259 e. The largest absolute Gasteiger partial charge is 0.308 e. The minimum Gasteiger partial charge on any atom is -0.308 e. The summed E-state index contributed by atoms with van der Waals surface area (Å²) in [7, 11) is -3.49. The van der Waals surface area contributed by atoms with Crippen LogP contribution < -0.4 is 4.90 Å². The number of para-hydroxylation sites is 1. The fraction of sp³-hybridized carbons (Fsp3) is 0.385. The van der Waals surface area contributed by atoms with Crippen molar-refractivity contribution in [2.24, 2.45) is 0 Å². The Morgan fingerprint density at radius 3 is 2.55 bits per heavy atom. The number of fused-ring (bicyclic) bond motifs is 3. The van der Waals surface area contributed by atoms with E-state index in [1.165, 1.54) is 0 Å². The highest BCUT2D eigenvalue weighted by Gasteiger charge is 2.33. The highest BCUT2D eigenvalue weighted by atomic mass is 32.2. The maximum Gasteiger partial charge on any atom is 0.259 e. The second kappa shape index (κ2) is 7.92.